The smallest absolute Gasteiger partial charge is 0.212 e. The molecule has 2 N–H and O–H groups in total. The Morgan fingerprint density at radius 1 is 1.45 bits per heavy atom. The van der Waals surface area contributed by atoms with Gasteiger partial charge in [0, 0.05) is 25.2 Å². The summed E-state index contributed by atoms with van der Waals surface area (Å²) in [5.41, 5.74) is 5.56. The summed E-state index contributed by atoms with van der Waals surface area (Å²) in [6.07, 6.45) is 3.86. The van der Waals surface area contributed by atoms with Crippen molar-refractivity contribution in [1.82, 2.24) is 9.21 Å². The lowest BCUT2D eigenvalue weighted by molar-refractivity contribution is -0.109. The van der Waals surface area contributed by atoms with Gasteiger partial charge in [0.15, 0.2) is 0 Å². The van der Waals surface area contributed by atoms with E-state index in [-0.39, 0.29) is 18.6 Å². The van der Waals surface area contributed by atoms with Crippen LogP contribution in [0.25, 0.3) is 0 Å². The summed E-state index contributed by atoms with van der Waals surface area (Å²) in [4.78, 5) is 12.6. The van der Waals surface area contributed by atoms with Gasteiger partial charge in [-0.1, -0.05) is 0 Å². The molecule has 1 rings (SSSR count). The molecule has 1 aliphatic heterocycles. The van der Waals surface area contributed by atoms with Crippen molar-refractivity contribution < 1.29 is 13.2 Å². The summed E-state index contributed by atoms with van der Waals surface area (Å²) in [5.74, 6) is 1.88. The molecule has 2 atom stereocenters. The Labute approximate surface area is 131 Å². The van der Waals surface area contributed by atoms with Crippen molar-refractivity contribution in [2.75, 3.05) is 31.5 Å². The van der Waals surface area contributed by atoms with Crippen molar-refractivity contribution in [3.8, 4) is 0 Å². The molecule has 1 fully saturated rings. The van der Waals surface area contributed by atoms with Gasteiger partial charge in [0.2, 0.25) is 10.0 Å². The molecule has 0 radical (unpaired) electrons. The number of thioether (sulfide) groups is 1. The van der Waals surface area contributed by atoms with Crippen LogP contribution in [-0.4, -0.2) is 67.6 Å². The van der Waals surface area contributed by atoms with Crippen LogP contribution in [0.15, 0.2) is 0 Å². The molecule has 0 aliphatic carbocycles. The van der Waals surface area contributed by atoms with Crippen LogP contribution in [-0.2, 0) is 14.8 Å². The highest BCUT2D eigenvalue weighted by atomic mass is 35.5. The molecule has 0 aromatic carbocycles. The third-order valence-electron chi connectivity index (χ3n) is 3.32. The van der Waals surface area contributed by atoms with Gasteiger partial charge in [-0.2, -0.15) is 4.31 Å². The molecule has 120 valence electrons. The largest absolute Gasteiger partial charge is 0.322 e. The van der Waals surface area contributed by atoms with E-state index in [0.717, 1.165) is 30.9 Å². The van der Waals surface area contributed by atoms with E-state index in [2.05, 4.69) is 4.90 Å². The number of hydrogen-bond donors (Lipinski definition) is 1. The van der Waals surface area contributed by atoms with Crippen LogP contribution >= 0.6 is 24.2 Å². The predicted molar refractivity (Wildman–Crippen MR) is 85.6 cm³/mol. The first-order chi connectivity index (χ1) is 8.86. The van der Waals surface area contributed by atoms with E-state index >= 15 is 0 Å². The first kappa shape index (κ1) is 20.1. The van der Waals surface area contributed by atoms with E-state index < -0.39 is 16.1 Å². The SMILES string of the molecule is CN([C@@H](CCCC(N)C=O)N1CCSC1)S(C)(=O)=O.Cl. The Balaban J connectivity index is 0.00000361. The second-order valence-corrected chi connectivity index (χ2v) is 7.96. The van der Waals surface area contributed by atoms with Crippen LogP contribution in [0.4, 0.5) is 0 Å². The van der Waals surface area contributed by atoms with E-state index in [0.29, 0.717) is 12.8 Å². The van der Waals surface area contributed by atoms with E-state index in [1.54, 1.807) is 18.8 Å². The molecule has 0 aromatic rings. The Kier molecular flexibility index (Phi) is 9.28. The average Bonchev–Trinajstić information content (AvgIpc) is 2.86. The Bertz CT molecular complexity index is 388. The first-order valence-electron chi connectivity index (χ1n) is 6.32. The number of nitrogens with two attached hydrogens (primary N) is 1. The summed E-state index contributed by atoms with van der Waals surface area (Å²) in [6.45, 7) is 0.898. The van der Waals surface area contributed by atoms with Gasteiger partial charge < -0.3 is 10.5 Å². The van der Waals surface area contributed by atoms with Gasteiger partial charge in [-0.25, -0.2) is 8.42 Å². The lowest BCUT2D eigenvalue weighted by Crippen LogP contribution is -2.47. The summed E-state index contributed by atoms with van der Waals surface area (Å²) in [6, 6.07) is -0.447. The quantitative estimate of drug-likeness (QED) is 0.638. The molecular weight excluding hydrogens is 322 g/mol. The Morgan fingerprint density at radius 3 is 2.55 bits per heavy atom. The molecule has 0 bridgehead atoms. The van der Waals surface area contributed by atoms with Gasteiger partial charge in [0.25, 0.3) is 0 Å². The number of carbonyl (C=O) groups is 1. The summed E-state index contributed by atoms with van der Waals surface area (Å²) in [5, 5.41) is 0. The average molecular weight is 346 g/mol. The Hall–Kier alpha value is 0.140. The van der Waals surface area contributed by atoms with Crippen molar-refractivity contribution in [3.05, 3.63) is 0 Å². The van der Waals surface area contributed by atoms with Gasteiger partial charge in [0.05, 0.1) is 18.5 Å². The van der Waals surface area contributed by atoms with E-state index in [4.69, 9.17) is 5.73 Å². The normalized spacial score (nSPS) is 19.6. The zero-order valence-corrected chi connectivity index (χ0v) is 14.3. The third-order valence-corrected chi connectivity index (χ3v) is 5.59. The van der Waals surface area contributed by atoms with E-state index in [1.165, 1.54) is 10.6 Å². The lowest BCUT2D eigenvalue weighted by atomic mass is 10.1. The van der Waals surface area contributed by atoms with Crippen molar-refractivity contribution >= 4 is 40.5 Å². The monoisotopic (exact) mass is 345 g/mol. The first-order valence-corrected chi connectivity index (χ1v) is 9.32. The molecule has 0 aromatic heterocycles. The fraction of sp³-hybridized carbons (Fsp3) is 0.909. The maximum absolute atomic E-state index is 11.7. The molecule has 0 spiro atoms. The zero-order chi connectivity index (χ0) is 14.5. The number of nitrogens with zero attached hydrogens (tertiary/aromatic N) is 2. The minimum Gasteiger partial charge on any atom is -0.322 e. The van der Waals surface area contributed by atoms with Crippen LogP contribution in [0.3, 0.4) is 0 Å². The van der Waals surface area contributed by atoms with Gasteiger partial charge in [-0.3, -0.25) is 4.90 Å². The van der Waals surface area contributed by atoms with Crippen molar-refractivity contribution in [2.45, 2.75) is 31.5 Å². The number of rotatable bonds is 8. The number of hydrogen-bond acceptors (Lipinski definition) is 6. The molecule has 1 heterocycles. The molecular formula is C11H24ClN3O3S2. The highest BCUT2D eigenvalue weighted by Crippen LogP contribution is 2.22. The maximum Gasteiger partial charge on any atom is 0.212 e. The Morgan fingerprint density at radius 2 is 2.10 bits per heavy atom. The number of carbonyl (C=O) groups excluding carboxylic acids is 1. The molecule has 1 saturated heterocycles. The third kappa shape index (κ3) is 6.28. The zero-order valence-electron chi connectivity index (χ0n) is 11.9. The molecule has 9 heteroatoms. The van der Waals surface area contributed by atoms with Gasteiger partial charge in [0.1, 0.15) is 6.29 Å². The molecule has 1 aliphatic rings. The van der Waals surface area contributed by atoms with Gasteiger partial charge in [-0.15, -0.1) is 24.2 Å². The highest BCUT2D eigenvalue weighted by molar-refractivity contribution is 7.99. The van der Waals surface area contributed by atoms with Crippen LogP contribution in [0.2, 0.25) is 0 Å². The summed E-state index contributed by atoms with van der Waals surface area (Å²) < 4.78 is 24.8. The molecule has 20 heavy (non-hydrogen) atoms. The van der Waals surface area contributed by atoms with Crippen LogP contribution < -0.4 is 5.73 Å². The topological polar surface area (TPSA) is 83.7 Å². The maximum atomic E-state index is 11.7. The number of sulfonamides is 1. The minimum atomic E-state index is -3.21. The number of halogens is 1. The second-order valence-electron chi connectivity index (χ2n) is 4.84. The van der Waals surface area contributed by atoms with Gasteiger partial charge in [-0.05, 0) is 19.3 Å². The predicted octanol–water partition coefficient (Wildman–Crippen LogP) is 0.329. The van der Waals surface area contributed by atoms with E-state index in [9.17, 15) is 13.2 Å². The summed E-state index contributed by atoms with van der Waals surface area (Å²) in [7, 11) is -1.60. The number of aldehydes is 1. The molecule has 6 nitrogen and oxygen atoms in total. The van der Waals surface area contributed by atoms with Crippen molar-refractivity contribution in [1.29, 1.82) is 0 Å². The molecule has 1 unspecified atom stereocenters. The summed E-state index contributed by atoms with van der Waals surface area (Å²) >= 11 is 1.81. The van der Waals surface area contributed by atoms with Crippen molar-refractivity contribution in [2.24, 2.45) is 5.73 Å². The van der Waals surface area contributed by atoms with Crippen LogP contribution in [0, 0.1) is 0 Å². The van der Waals surface area contributed by atoms with Crippen LogP contribution in [0.5, 0.6) is 0 Å². The van der Waals surface area contributed by atoms with Crippen molar-refractivity contribution in [3.63, 3.8) is 0 Å². The fourth-order valence-electron chi connectivity index (χ4n) is 2.08. The minimum absolute atomic E-state index is 0. The second kappa shape index (κ2) is 9.22. The van der Waals surface area contributed by atoms with Crippen LogP contribution in [0.1, 0.15) is 19.3 Å². The van der Waals surface area contributed by atoms with E-state index in [1.807, 2.05) is 0 Å². The fourth-order valence-corrected chi connectivity index (χ4v) is 3.79. The standard InChI is InChI=1S/C11H23N3O3S2.ClH/c1-13(19(2,16)17)11(14-6-7-18-9-14)5-3-4-10(12)8-15;/h8,10-11H,3-7,9,12H2,1-2H3;1H/t10?,11-;/m1./s1. The highest BCUT2D eigenvalue weighted by Gasteiger charge is 2.29. The lowest BCUT2D eigenvalue weighted by Gasteiger charge is -2.33. The molecule has 0 amide bonds. The molecule has 0 saturated carbocycles. The van der Waals surface area contributed by atoms with Gasteiger partial charge >= 0.3 is 0 Å².